The smallest absolute Gasteiger partial charge is 0.305 e. The van der Waals surface area contributed by atoms with Gasteiger partial charge < -0.3 is 4.74 Å². The molecule has 0 amide bonds. The summed E-state index contributed by atoms with van der Waals surface area (Å²) in [6, 6.07) is 0. The van der Waals surface area contributed by atoms with Gasteiger partial charge in [-0.15, -0.1) is 0 Å². The fraction of sp³-hybridized carbons (Fsp3) is 0.912. The van der Waals surface area contributed by atoms with Gasteiger partial charge in [0.15, 0.2) is 0 Å². The second kappa shape index (κ2) is 32.2. The van der Waals surface area contributed by atoms with E-state index in [1.54, 1.807) is 0 Å². The van der Waals surface area contributed by atoms with Crippen molar-refractivity contribution in [2.75, 3.05) is 6.61 Å². The molecule has 0 rings (SSSR count). The average molecular weight is 507 g/mol. The Morgan fingerprint density at radius 3 is 1.19 bits per heavy atom. The van der Waals surface area contributed by atoms with Gasteiger partial charge in [-0.1, -0.05) is 161 Å². The molecule has 0 aliphatic rings. The predicted octanol–water partition coefficient (Wildman–Crippen LogP) is 12.0. The lowest BCUT2D eigenvalue weighted by Crippen LogP contribution is -2.05. The average Bonchev–Trinajstić information content (AvgIpc) is 2.88. The van der Waals surface area contributed by atoms with E-state index in [2.05, 4.69) is 26.0 Å². The van der Waals surface area contributed by atoms with Gasteiger partial charge in [-0.2, -0.15) is 0 Å². The molecule has 0 saturated heterocycles. The summed E-state index contributed by atoms with van der Waals surface area (Å²) in [7, 11) is 0. The van der Waals surface area contributed by atoms with Gasteiger partial charge in [-0.3, -0.25) is 4.79 Å². The van der Waals surface area contributed by atoms with Crippen LogP contribution in [0.15, 0.2) is 12.2 Å². The third-order valence-corrected chi connectivity index (χ3v) is 7.40. The van der Waals surface area contributed by atoms with Gasteiger partial charge in [0.2, 0.25) is 0 Å². The third-order valence-electron chi connectivity index (χ3n) is 7.40. The second-order valence-corrected chi connectivity index (χ2v) is 11.2. The lowest BCUT2D eigenvalue weighted by atomic mass is 10.0. The number of esters is 1. The molecule has 2 heteroatoms. The van der Waals surface area contributed by atoms with Crippen LogP contribution in [0.25, 0.3) is 0 Å². The SMILES string of the molecule is CCCCCCCCC=CCCCCCCCC(=O)OCCCCCCCCCCCCCCCC. The first-order valence-electron chi connectivity index (χ1n) is 16.6. The van der Waals surface area contributed by atoms with Crippen molar-refractivity contribution in [1.82, 2.24) is 0 Å². The van der Waals surface area contributed by atoms with Crippen LogP contribution < -0.4 is 0 Å². The summed E-state index contributed by atoms with van der Waals surface area (Å²) in [5, 5.41) is 0. The molecule has 214 valence electrons. The Morgan fingerprint density at radius 2 is 0.778 bits per heavy atom. The van der Waals surface area contributed by atoms with E-state index in [1.165, 1.54) is 154 Å². The molecule has 0 bridgehead atoms. The minimum absolute atomic E-state index is 0.0160. The van der Waals surface area contributed by atoms with E-state index in [0.717, 1.165) is 19.3 Å². The van der Waals surface area contributed by atoms with E-state index in [4.69, 9.17) is 4.74 Å². The molecule has 0 aromatic rings. The molecule has 0 spiro atoms. The van der Waals surface area contributed by atoms with E-state index < -0.39 is 0 Å². The standard InChI is InChI=1S/C34H66O2/c1-3-5-7-9-11-13-15-17-19-20-22-24-26-28-30-32-34(35)36-33-31-29-27-25-23-21-18-16-14-12-10-8-6-4-2/h17,19H,3-16,18,20-33H2,1-2H3. The van der Waals surface area contributed by atoms with Crippen molar-refractivity contribution < 1.29 is 9.53 Å². The molecule has 0 fully saturated rings. The van der Waals surface area contributed by atoms with Crippen LogP contribution in [0.3, 0.4) is 0 Å². The number of allylic oxidation sites excluding steroid dienone is 2. The molecule has 0 aliphatic heterocycles. The van der Waals surface area contributed by atoms with Crippen molar-refractivity contribution in [3.8, 4) is 0 Å². The van der Waals surface area contributed by atoms with E-state index in [-0.39, 0.29) is 5.97 Å². The molecule has 0 radical (unpaired) electrons. The maximum atomic E-state index is 11.9. The van der Waals surface area contributed by atoms with Crippen LogP contribution in [0.2, 0.25) is 0 Å². The predicted molar refractivity (Wildman–Crippen MR) is 161 cm³/mol. The van der Waals surface area contributed by atoms with E-state index >= 15 is 0 Å². The largest absolute Gasteiger partial charge is 0.466 e. The minimum atomic E-state index is 0.0160. The van der Waals surface area contributed by atoms with E-state index in [9.17, 15) is 4.79 Å². The van der Waals surface area contributed by atoms with Gasteiger partial charge in [-0.05, 0) is 38.5 Å². The normalized spacial score (nSPS) is 11.5. The van der Waals surface area contributed by atoms with Gasteiger partial charge in [0.05, 0.1) is 6.61 Å². The lowest BCUT2D eigenvalue weighted by Gasteiger charge is -2.05. The quantitative estimate of drug-likeness (QED) is 0.0550. The van der Waals surface area contributed by atoms with E-state index in [1.807, 2.05) is 0 Å². The monoisotopic (exact) mass is 507 g/mol. The summed E-state index contributed by atoms with van der Waals surface area (Å²) in [5.41, 5.74) is 0. The first kappa shape index (κ1) is 35.2. The molecule has 0 aromatic heterocycles. The van der Waals surface area contributed by atoms with Crippen LogP contribution in [0.1, 0.15) is 194 Å². The van der Waals surface area contributed by atoms with Crippen LogP contribution >= 0.6 is 0 Å². The highest BCUT2D eigenvalue weighted by molar-refractivity contribution is 5.69. The Kier molecular flexibility index (Phi) is 31.5. The summed E-state index contributed by atoms with van der Waals surface area (Å²) >= 11 is 0. The maximum Gasteiger partial charge on any atom is 0.305 e. The van der Waals surface area contributed by atoms with E-state index in [0.29, 0.717) is 13.0 Å². The zero-order chi connectivity index (χ0) is 26.2. The summed E-state index contributed by atoms with van der Waals surface area (Å²) < 4.78 is 5.42. The number of hydrogen-bond acceptors (Lipinski definition) is 2. The highest BCUT2D eigenvalue weighted by atomic mass is 16.5. The molecule has 0 aromatic carbocycles. The maximum absolute atomic E-state index is 11.9. The van der Waals surface area contributed by atoms with Crippen molar-refractivity contribution in [1.29, 1.82) is 0 Å². The van der Waals surface area contributed by atoms with Crippen molar-refractivity contribution in [2.24, 2.45) is 0 Å². The van der Waals surface area contributed by atoms with Crippen LogP contribution in [0.4, 0.5) is 0 Å². The molecule has 2 nitrogen and oxygen atoms in total. The minimum Gasteiger partial charge on any atom is -0.466 e. The Bertz CT molecular complexity index is 442. The highest BCUT2D eigenvalue weighted by Gasteiger charge is 2.02. The number of carbonyl (C=O) groups is 1. The molecule has 0 atom stereocenters. The van der Waals surface area contributed by atoms with Gasteiger partial charge in [0.1, 0.15) is 0 Å². The highest BCUT2D eigenvalue weighted by Crippen LogP contribution is 2.13. The number of ether oxygens (including phenoxy) is 1. The zero-order valence-electron chi connectivity index (χ0n) is 25.0. The zero-order valence-corrected chi connectivity index (χ0v) is 25.0. The van der Waals surface area contributed by atoms with Crippen LogP contribution in [-0.4, -0.2) is 12.6 Å². The fourth-order valence-electron chi connectivity index (χ4n) is 4.89. The number of rotatable bonds is 30. The van der Waals surface area contributed by atoms with Crippen molar-refractivity contribution >= 4 is 5.97 Å². The number of unbranched alkanes of at least 4 members (excludes halogenated alkanes) is 24. The fourth-order valence-corrected chi connectivity index (χ4v) is 4.89. The summed E-state index contributed by atoms with van der Waals surface area (Å²) in [6.07, 6.45) is 41.2. The summed E-state index contributed by atoms with van der Waals surface area (Å²) in [6.45, 7) is 5.19. The molecular weight excluding hydrogens is 440 g/mol. The molecule has 0 heterocycles. The molecular formula is C34H66O2. The third kappa shape index (κ3) is 31.2. The molecule has 0 saturated carbocycles. The Hall–Kier alpha value is -0.790. The van der Waals surface area contributed by atoms with Crippen molar-refractivity contribution in [3.05, 3.63) is 12.2 Å². The summed E-state index contributed by atoms with van der Waals surface area (Å²) in [5.74, 6) is 0.0160. The Morgan fingerprint density at radius 1 is 0.444 bits per heavy atom. The van der Waals surface area contributed by atoms with Gasteiger partial charge >= 0.3 is 5.97 Å². The second-order valence-electron chi connectivity index (χ2n) is 11.2. The van der Waals surface area contributed by atoms with Gasteiger partial charge in [-0.25, -0.2) is 0 Å². The van der Waals surface area contributed by atoms with Crippen molar-refractivity contribution in [3.63, 3.8) is 0 Å². The molecule has 0 unspecified atom stereocenters. The van der Waals surface area contributed by atoms with Gasteiger partial charge in [0.25, 0.3) is 0 Å². The van der Waals surface area contributed by atoms with Crippen LogP contribution in [0, 0.1) is 0 Å². The number of hydrogen-bond donors (Lipinski definition) is 0. The molecule has 0 N–H and O–H groups in total. The Balaban J connectivity index is 3.19. The Labute approximate surface area is 227 Å². The first-order chi connectivity index (χ1) is 17.8. The van der Waals surface area contributed by atoms with Crippen LogP contribution in [-0.2, 0) is 9.53 Å². The first-order valence-corrected chi connectivity index (χ1v) is 16.6. The van der Waals surface area contributed by atoms with Crippen molar-refractivity contribution in [2.45, 2.75) is 194 Å². The molecule has 0 aliphatic carbocycles. The molecule has 36 heavy (non-hydrogen) atoms. The van der Waals surface area contributed by atoms with Gasteiger partial charge in [0, 0.05) is 6.42 Å². The number of carbonyl (C=O) groups excluding carboxylic acids is 1. The van der Waals surface area contributed by atoms with Crippen LogP contribution in [0.5, 0.6) is 0 Å². The lowest BCUT2D eigenvalue weighted by molar-refractivity contribution is -0.143. The summed E-state index contributed by atoms with van der Waals surface area (Å²) in [4.78, 5) is 11.9. The topological polar surface area (TPSA) is 26.3 Å².